The van der Waals surface area contributed by atoms with Crippen LogP contribution in [0.4, 0.5) is 11.6 Å². The fourth-order valence-corrected chi connectivity index (χ4v) is 3.53. The average Bonchev–Trinajstić information content (AvgIpc) is 3.63. The Kier molecular flexibility index (Phi) is 7.52. The van der Waals surface area contributed by atoms with E-state index in [9.17, 15) is 9.59 Å². The number of aryl methyl sites for hydroxylation is 3. The van der Waals surface area contributed by atoms with Crippen molar-refractivity contribution in [3.05, 3.63) is 65.1 Å². The highest BCUT2D eigenvalue weighted by molar-refractivity contribution is 5.95. The first kappa shape index (κ1) is 25.4. The van der Waals surface area contributed by atoms with Crippen LogP contribution in [0.1, 0.15) is 18.5 Å². The maximum absolute atomic E-state index is 12.2. The van der Waals surface area contributed by atoms with Crippen molar-refractivity contribution in [2.45, 2.75) is 19.8 Å². The minimum absolute atomic E-state index is 0.229. The number of hydrogen-bond acceptors (Lipinski definition) is 9. The summed E-state index contributed by atoms with van der Waals surface area (Å²) in [5.74, 6) is 1.60. The van der Waals surface area contributed by atoms with E-state index >= 15 is 0 Å². The molecular formula is C26H29N9O2. The van der Waals surface area contributed by atoms with Crippen LogP contribution in [-0.2, 0) is 18.9 Å². The topological polar surface area (TPSA) is 146 Å². The van der Waals surface area contributed by atoms with Gasteiger partial charge in [0.15, 0.2) is 0 Å². The monoisotopic (exact) mass is 499 g/mol. The summed E-state index contributed by atoms with van der Waals surface area (Å²) in [5, 5.41) is 13.3. The zero-order valence-corrected chi connectivity index (χ0v) is 21.2. The van der Waals surface area contributed by atoms with Gasteiger partial charge in [-0.15, -0.1) is 0 Å². The Balaban J connectivity index is 0.000000239. The fraction of sp³-hybridized carbons (Fsp3) is 0.269. The highest BCUT2D eigenvalue weighted by Crippen LogP contribution is 2.29. The molecule has 37 heavy (non-hydrogen) atoms. The van der Waals surface area contributed by atoms with E-state index in [0.29, 0.717) is 34.0 Å². The molecule has 0 aliphatic heterocycles. The Morgan fingerprint density at radius 3 is 2.43 bits per heavy atom. The molecule has 0 atom stereocenters. The van der Waals surface area contributed by atoms with Gasteiger partial charge in [0.1, 0.15) is 23.4 Å². The molecule has 5 aromatic heterocycles. The number of nitrogens with one attached hydrogen (secondary N) is 1. The van der Waals surface area contributed by atoms with Crippen LogP contribution in [0, 0.1) is 12.8 Å². The third-order valence-electron chi connectivity index (χ3n) is 5.84. The molecule has 5 aromatic rings. The second-order valence-electron chi connectivity index (χ2n) is 8.72. The van der Waals surface area contributed by atoms with E-state index in [-0.39, 0.29) is 5.56 Å². The summed E-state index contributed by atoms with van der Waals surface area (Å²) in [4.78, 5) is 35.0. The number of carbonyl (C=O) groups is 1. The molecule has 0 radical (unpaired) electrons. The molecular weight excluding hydrogens is 470 g/mol. The van der Waals surface area contributed by atoms with Gasteiger partial charge in [0.25, 0.3) is 5.56 Å². The SMILES string of the molecule is CNc1cc2cc(-c3cc4cnn(C)c(=O)c4nc3C)nc(N)c2cn1.Cn1cccn1.O=CC1CC1. The van der Waals surface area contributed by atoms with E-state index in [1.54, 1.807) is 30.3 Å². The number of nitrogens with zero attached hydrogens (tertiary/aromatic N) is 7. The standard InChI is InChI=1S/C18H17N7O.C4H6N2.C4H6O/c1-9-12(4-11-7-22-25(3)18(26)16(11)23-9)14-5-10-6-15(20-2)21-8-13(10)17(19)24-14;1-6-4-2-3-5-6;5-3-4-1-2-4/h4-8H,1-3H3,(H2,19,24)(H,20,21);2-4H,1H3;3-4H,1-2H2. The van der Waals surface area contributed by atoms with E-state index in [2.05, 4.69) is 30.5 Å². The molecule has 11 heteroatoms. The minimum Gasteiger partial charge on any atom is -0.383 e. The lowest BCUT2D eigenvalue weighted by atomic mass is 10.1. The molecule has 0 unspecified atom stereocenters. The first-order chi connectivity index (χ1) is 17.8. The van der Waals surface area contributed by atoms with Crippen molar-refractivity contribution < 1.29 is 4.79 Å². The number of nitrogens with two attached hydrogens (primary N) is 1. The van der Waals surface area contributed by atoms with Crippen molar-refractivity contribution >= 4 is 39.6 Å². The number of anilines is 2. The normalized spacial score (nSPS) is 12.3. The number of carbonyl (C=O) groups excluding carboxylic acids is 1. The highest BCUT2D eigenvalue weighted by atomic mass is 16.1. The first-order valence-electron chi connectivity index (χ1n) is 11.8. The molecule has 3 N–H and O–H groups in total. The summed E-state index contributed by atoms with van der Waals surface area (Å²) >= 11 is 0. The fourth-order valence-electron chi connectivity index (χ4n) is 3.53. The van der Waals surface area contributed by atoms with Gasteiger partial charge in [-0.2, -0.15) is 10.2 Å². The van der Waals surface area contributed by atoms with E-state index < -0.39 is 0 Å². The first-order valence-corrected chi connectivity index (χ1v) is 11.8. The lowest BCUT2D eigenvalue weighted by Gasteiger charge is -2.10. The summed E-state index contributed by atoms with van der Waals surface area (Å²) in [6.45, 7) is 1.85. The lowest BCUT2D eigenvalue weighted by molar-refractivity contribution is -0.108. The molecule has 0 saturated heterocycles. The van der Waals surface area contributed by atoms with Gasteiger partial charge in [0.2, 0.25) is 0 Å². The van der Waals surface area contributed by atoms with Gasteiger partial charge in [-0.05, 0) is 49.4 Å². The van der Waals surface area contributed by atoms with Crippen molar-refractivity contribution in [2.24, 2.45) is 20.0 Å². The molecule has 0 spiro atoms. The number of nitrogen functional groups attached to an aromatic ring is 1. The van der Waals surface area contributed by atoms with Gasteiger partial charge in [-0.1, -0.05) is 0 Å². The smallest absolute Gasteiger partial charge is 0.292 e. The summed E-state index contributed by atoms with van der Waals surface area (Å²) in [6.07, 6.45) is 10.3. The summed E-state index contributed by atoms with van der Waals surface area (Å²) < 4.78 is 3.02. The van der Waals surface area contributed by atoms with Gasteiger partial charge < -0.3 is 15.8 Å². The van der Waals surface area contributed by atoms with Crippen molar-refractivity contribution in [2.75, 3.05) is 18.1 Å². The van der Waals surface area contributed by atoms with Gasteiger partial charge >= 0.3 is 0 Å². The third-order valence-corrected chi connectivity index (χ3v) is 5.84. The lowest BCUT2D eigenvalue weighted by Crippen LogP contribution is -2.20. The Morgan fingerprint density at radius 1 is 1.08 bits per heavy atom. The molecule has 0 bridgehead atoms. The Bertz CT molecular complexity index is 1610. The summed E-state index contributed by atoms with van der Waals surface area (Å²) in [7, 11) is 5.30. The van der Waals surface area contributed by atoms with Crippen molar-refractivity contribution in [1.82, 2.24) is 34.5 Å². The van der Waals surface area contributed by atoms with Gasteiger partial charge in [-0.3, -0.25) is 9.48 Å². The van der Waals surface area contributed by atoms with E-state index in [0.717, 1.165) is 41.3 Å². The van der Waals surface area contributed by atoms with Crippen LogP contribution in [0.5, 0.6) is 0 Å². The molecule has 5 heterocycles. The zero-order valence-electron chi connectivity index (χ0n) is 21.2. The predicted octanol–water partition coefficient (Wildman–Crippen LogP) is 2.89. The van der Waals surface area contributed by atoms with Crippen LogP contribution < -0.4 is 16.6 Å². The Morgan fingerprint density at radius 2 is 1.86 bits per heavy atom. The van der Waals surface area contributed by atoms with Crippen LogP contribution in [0.15, 0.2) is 53.8 Å². The summed E-state index contributed by atoms with van der Waals surface area (Å²) in [6, 6.07) is 7.62. The second kappa shape index (κ2) is 10.9. The van der Waals surface area contributed by atoms with Crippen molar-refractivity contribution in [3.8, 4) is 11.3 Å². The number of aromatic nitrogens is 7. The molecule has 0 amide bonds. The predicted molar refractivity (Wildman–Crippen MR) is 144 cm³/mol. The quantitative estimate of drug-likeness (QED) is 0.358. The number of fused-ring (bicyclic) bond motifs is 2. The maximum Gasteiger partial charge on any atom is 0.292 e. The van der Waals surface area contributed by atoms with Gasteiger partial charge in [0, 0.05) is 67.7 Å². The van der Waals surface area contributed by atoms with E-state index in [1.807, 2.05) is 51.5 Å². The van der Waals surface area contributed by atoms with Crippen LogP contribution in [0.25, 0.3) is 32.9 Å². The largest absolute Gasteiger partial charge is 0.383 e. The van der Waals surface area contributed by atoms with Crippen molar-refractivity contribution in [1.29, 1.82) is 0 Å². The molecule has 1 saturated carbocycles. The molecule has 11 nitrogen and oxygen atoms in total. The number of rotatable bonds is 3. The van der Waals surface area contributed by atoms with Crippen LogP contribution in [-0.4, -0.2) is 47.8 Å². The number of aldehydes is 1. The van der Waals surface area contributed by atoms with Crippen LogP contribution in [0.3, 0.4) is 0 Å². The van der Waals surface area contributed by atoms with Crippen LogP contribution >= 0.6 is 0 Å². The molecule has 0 aromatic carbocycles. The highest BCUT2D eigenvalue weighted by Gasteiger charge is 2.19. The Labute approximate surface area is 213 Å². The average molecular weight is 500 g/mol. The molecule has 6 rings (SSSR count). The third kappa shape index (κ3) is 5.95. The maximum atomic E-state index is 12.2. The number of hydrogen-bond donors (Lipinski definition) is 2. The Hall–Kier alpha value is -4.67. The summed E-state index contributed by atoms with van der Waals surface area (Å²) in [5.41, 5.74) is 8.50. The van der Waals surface area contributed by atoms with Gasteiger partial charge in [-0.25, -0.2) is 19.6 Å². The minimum atomic E-state index is -0.229. The van der Waals surface area contributed by atoms with Gasteiger partial charge in [0.05, 0.1) is 11.9 Å². The zero-order chi connectivity index (χ0) is 26.5. The van der Waals surface area contributed by atoms with E-state index in [4.69, 9.17) is 5.73 Å². The molecule has 1 aliphatic rings. The van der Waals surface area contributed by atoms with Crippen LogP contribution in [0.2, 0.25) is 0 Å². The number of pyridine rings is 3. The molecule has 190 valence electrons. The molecule has 1 fully saturated rings. The van der Waals surface area contributed by atoms with E-state index in [1.165, 1.54) is 4.68 Å². The molecule has 1 aliphatic carbocycles. The van der Waals surface area contributed by atoms with Crippen molar-refractivity contribution in [3.63, 3.8) is 0 Å². The second-order valence-corrected chi connectivity index (χ2v) is 8.72.